The smallest absolute Gasteiger partial charge is 0.347 e. The van der Waals surface area contributed by atoms with Gasteiger partial charge in [0.15, 0.2) is 6.10 Å². The van der Waals surface area contributed by atoms with Crippen LogP contribution in [0.4, 0.5) is 5.69 Å². The van der Waals surface area contributed by atoms with E-state index in [-0.39, 0.29) is 24.6 Å². The highest BCUT2D eigenvalue weighted by Crippen LogP contribution is 2.24. The van der Waals surface area contributed by atoms with Gasteiger partial charge in [-0.2, -0.15) is 0 Å². The minimum Gasteiger partial charge on any atom is -0.478 e. The molecule has 0 spiro atoms. The van der Waals surface area contributed by atoms with E-state index in [9.17, 15) is 14.4 Å². The third-order valence-corrected chi connectivity index (χ3v) is 5.96. The van der Waals surface area contributed by atoms with Gasteiger partial charge in [-0.05, 0) is 44.2 Å². The molecule has 1 amide bonds. The first kappa shape index (κ1) is 23.4. The zero-order valence-corrected chi connectivity index (χ0v) is 19.5. The number of nitrogens with zero attached hydrogens (tertiary/aromatic N) is 3. The molecule has 1 fully saturated rings. The van der Waals surface area contributed by atoms with Gasteiger partial charge in [-0.3, -0.25) is 9.59 Å². The number of hydrogen-bond acceptors (Lipinski definition) is 6. The Balaban J connectivity index is 1.45. The predicted octanol–water partition coefficient (Wildman–Crippen LogP) is 2.68. The Kier molecular flexibility index (Phi) is 7.15. The number of amides is 1. The molecule has 1 aromatic heterocycles. The van der Waals surface area contributed by atoms with Crippen LogP contribution < -0.4 is 15.2 Å². The van der Waals surface area contributed by atoms with E-state index in [0.29, 0.717) is 29.6 Å². The van der Waals surface area contributed by atoms with Crippen LogP contribution in [0.1, 0.15) is 13.8 Å². The fourth-order valence-corrected chi connectivity index (χ4v) is 4.11. The molecule has 1 saturated heterocycles. The Labute approximate surface area is 198 Å². The molecule has 8 heteroatoms. The number of carbonyl (C=O) groups is 2. The number of esters is 1. The third-order valence-electron chi connectivity index (χ3n) is 5.96. The second kappa shape index (κ2) is 10.4. The Morgan fingerprint density at radius 2 is 1.68 bits per heavy atom. The molecule has 0 saturated carbocycles. The lowest BCUT2D eigenvalue weighted by atomic mass is 10.1. The number of hydrogen-bond donors (Lipinski definition) is 0. The SMILES string of the molecule is CCOC(=O)C(C)Oc1cccc2c(=O)n(CC(=O)N3CCN(c4ccccc4)CC3)ccc12. The third kappa shape index (κ3) is 5.06. The van der Waals surface area contributed by atoms with Crippen molar-refractivity contribution in [2.24, 2.45) is 0 Å². The number of pyridine rings is 1. The van der Waals surface area contributed by atoms with Crippen LogP contribution in [0.3, 0.4) is 0 Å². The number of aromatic nitrogens is 1. The van der Waals surface area contributed by atoms with Crippen LogP contribution in [-0.2, 0) is 20.9 Å². The van der Waals surface area contributed by atoms with Crippen molar-refractivity contribution in [2.45, 2.75) is 26.5 Å². The topological polar surface area (TPSA) is 81.1 Å². The summed E-state index contributed by atoms with van der Waals surface area (Å²) in [7, 11) is 0. The van der Waals surface area contributed by atoms with Crippen molar-refractivity contribution in [2.75, 3.05) is 37.7 Å². The van der Waals surface area contributed by atoms with Crippen LogP contribution in [0.15, 0.2) is 65.6 Å². The van der Waals surface area contributed by atoms with Crippen molar-refractivity contribution in [1.29, 1.82) is 0 Å². The summed E-state index contributed by atoms with van der Waals surface area (Å²) >= 11 is 0. The Bertz CT molecular complexity index is 1220. The summed E-state index contributed by atoms with van der Waals surface area (Å²) < 4.78 is 12.2. The van der Waals surface area contributed by atoms with Gasteiger partial charge in [0.25, 0.3) is 5.56 Å². The number of anilines is 1. The van der Waals surface area contributed by atoms with Crippen molar-refractivity contribution in [3.05, 3.63) is 71.1 Å². The van der Waals surface area contributed by atoms with Gasteiger partial charge < -0.3 is 23.8 Å². The fraction of sp³-hybridized carbons (Fsp3) is 0.346. The zero-order chi connectivity index (χ0) is 24.1. The van der Waals surface area contributed by atoms with Crippen LogP contribution in [0.2, 0.25) is 0 Å². The minimum absolute atomic E-state index is 0.0234. The van der Waals surface area contributed by atoms with Gasteiger partial charge in [-0.25, -0.2) is 4.79 Å². The van der Waals surface area contributed by atoms with E-state index in [2.05, 4.69) is 17.0 Å². The van der Waals surface area contributed by atoms with E-state index in [1.54, 1.807) is 49.2 Å². The van der Waals surface area contributed by atoms with Gasteiger partial charge in [0.1, 0.15) is 12.3 Å². The number of carbonyl (C=O) groups excluding carboxylic acids is 2. The molecule has 34 heavy (non-hydrogen) atoms. The molecule has 0 aliphatic carbocycles. The molecule has 2 aromatic carbocycles. The van der Waals surface area contributed by atoms with E-state index in [1.807, 2.05) is 18.2 Å². The van der Waals surface area contributed by atoms with Gasteiger partial charge in [0.2, 0.25) is 5.91 Å². The summed E-state index contributed by atoms with van der Waals surface area (Å²) in [5.74, 6) is -0.131. The van der Waals surface area contributed by atoms with Crippen molar-refractivity contribution in [1.82, 2.24) is 9.47 Å². The van der Waals surface area contributed by atoms with Crippen LogP contribution in [0.25, 0.3) is 10.8 Å². The Hall–Kier alpha value is -3.81. The second-order valence-electron chi connectivity index (χ2n) is 8.18. The molecule has 3 aromatic rings. The number of piperazine rings is 1. The van der Waals surface area contributed by atoms with Crippen LogP contribution >= 0.6 is 0 Å². The predicted molar refractivity (Wildman–Crippen MR) is 130 cm³/mol. The van der Waals surface area contributed by atoms with Crippen molar-refractivity contribution >= 4 is 28.3 Å². The van der Waals surface area contributed by atoms with Crippen molar-refractivity contribution in [3.63, 3.8) is 0 Å². The first-order valence-corrected chi connectivity index (χ1v) is 11.5. The molecule has 178 valence electrons. The van der Waals surface area contributed by atoms with Gasteiger partial charge in [-0.15, -0.1) is 0 Å². The highest BCUT2D eigenvalue weighted by molar-refractivity contribution is 5.88. The lowest BCUT2D eigenvalue weighted by molar-refractivity contribution is -0.150. The quantitative estimate of drug-likeness (QED) is 0.501. The number of para-hydroxylation sites is 1. The second-order valence-corrected chi connectivity index (χ2v) is 8.18. The van der Waals surface area contributed by atoms with E-state index in [4.69, 9.17) is 9.47 Å². The van der Waals surface area contributed by atoms with Gasteiger partial charge in [0, 0.05) is 43.4 Å². The normalized spacial score (nSPS) is 14.6. The molecule has 8 nitrogen and oxygen atoms in total. The maximum absolute atomic E-state index is 13.1. The molecule has 1 atom stereocenters. The van der Waals surface area contributed by atoms with Crippen LogP contribution in [0.5, 0.6) is 5.75 Å². The molecule has 1 aliphatic heterocycles. The monoisotopic (exact) mass is 463 g/mol. The largest absolute Gasteiger partial charge is 0.478 e. The Morgan fingerprint density at radius 3 is 2.38 bits per heavy atom. The first-order chi connectivity index (χ1) is 16.5. The van der Waals surface area contributed by atoms with Crippen LogP contribution in [0, 0.1) is 0 Å². The molecule has 0 radical (unpaired) electrons. The number of ether oxygens (including phenoxy) is 2. The van der Waals surface area contributed by atoms with Gasteiger partial charge >= 0.3 is 5.97 Å². The molecular formula is C26H29N3O5. The maximum Gasteiger partial charge on any atom is 0.347 e. The number of benzene rings is 2. The molecule has 1 aliphatic rings. The number of rotatable bonds is 7. The maximum atomic E-state index is 13.1. The standard InChI is InChI=1S/C26H29N3O5/c1-3-33-26(32)19(2)34-23-11-7-10-22-21(23)12-13-29(25(22)31)18-24(30)28-16-14-27(15-17-28)20-8-5-4-6-9-20/h4-13,19H,3,14-18H2,1-2H3. The summed E-state index contributed by atoms with van der Waals surface area (Å²) in [6.45, 7) is 6.30. The fourth-order valence-electron chi connectivity index (χ4n) is 4.11. The van der Waals surface area contributed by atoms with Crippen molar-refractivity contribution in [3.8, 4) is 5.75 Å². The minimum atomic E-state index is -0.802. The van der Waals surface area contributed by atoms with Crippen LogP contribution in [-0.4, -0.2) is 60.2 Å². The highest BCUT2D eigenvalue weighted by atomic mass is 16.6. The lowest BCUT2D eigenvalue weighted by Gasteiger charge is -2.36. The summed E-state index contributed by atoms with van der Waals surface area (Å²) in [6.07, 6.45) is 0.800. The Morgan fingerprint density at radius 1 is 0.941 bits per heavy atom. The average Bonchev–Trinajstić information content (AvgIpc) is 2.86. The van der Waals surface area contributed by atoms with Gasteiger partial charge in [-0.1, -0.05) is 24.3 Å². The molecular weight excluding hydrogens is 434 g/mol. The van der Waals surface area contributed by atoms with Gasteiger partial charge in [0.05, 0.1) is 12.0 Å². The molecule has 2 heterocycles. The van der Waals surface area contributed by atoms with E-state index in [0.717, 1.165) is 18.8 Å². The van der Waals surface area contributed by atoms with E-state index < -0.39 is 12.1 Å². The molecule has 0 bridgehead atoms. The van der Waals surface area contributed by atoms with E-state index in [1.165, 1.54) is 4.57 Å². The lowest BCUT2D eigenvalue weighted by Crippen LogP contribution is -2.50. The summed E-state index contributed by atoms with van der Waals surface area (Å²) in [4.78, 5) is 42.0. The zero-order valence-electron chi connectivity index (χ0n) is 19.5. The molecule has 1 unspecified atom stereocenters. The summed E-state index contributed by atoms with van der Waals surface area (Å²) in [5.41, 5.74) is 0.874. The number of fused-ring (bicyclic) bond motifs is 1. The first-order valence-electron chi connectivity index (χ1n) is 11.5. The van der Waals surface area contributed by atoms with Crippen molar-refractivity contribution < 1.29 is 19.1 Å². The summed E-state index contributed by atoms with van der Waals surface area (Å²) in [5, 5.41) is 1.02. The average molecular weight is 464 g/mol. The molecule has 4 rings (SSSR count). The summed E-state index contributed by atoms with van der Waals surface area (Å²) in [6, 6.07) is 17.0. The van der Waals surface area contributed by atoms with E-state index >= 15 is 0 Å². The highest BCUT2D eigenvalue weighted by Gasteiger charge is 2.22. The molecule has 0 N–H and O–H groups in total.